The third-order valence-electron chi connectivity index (χ3n) is 3.65. The molecule has 3 N–H and O–H groups in total. The number of hydrogen-bond donors (Lipinski definition) is 2. The van der Waals surface area contributed by atoms with Crippen LogP contribution in [-0.4, -0.2) is 17.6 Å². The smallest absolute Gasteiger partial charge is 0.306 e. The second-order valence-electron chi connectivity index (χ2n) is 5.40. The van der Waals surface area contributed by atoms with Gasteiger partial charge in [0, 0.05) is 0 Å². The Morgan fingerprint density at radius 1 is 1.21 bits per heavy atom. The van der Waals surface area contributed by atoms with E-state index in [1.165, 1.54) is 22.3 Å². The van der Waals surface area contributed by atoms with Crippen LogP contribution < -0.4 is 5.73 Å². The molecule has 0 aliphatic heterocycles. The molecule has 3 heteroatoms. The van der Waals surface area contributed by atoms with Gasteiger partial charge in [0.05, 0.1) is 5.92 Å². The number of unbranched alkanes of at least 4 members (excludes halogenated alkanes) is 1. The highest BCUT2D eigenvalue weighted by molar-refractivity contribution is 5.70. The Labute approximate surface area is 115 Å². The van der Waals surface area contributed by atoms with Gasteiger partial charge in [0.25, 0.3) is 0 Å². The van der Waals surface area contributed by atoms with Crippen LogP contribution in [0.4, 0.5) is 0 Å². The lowest BCUT2D eigenvalue weighted by atomic mass is 9.89. The Morgan fingerprint density at radius 2 is 1.79 bits per heavy atom. The summed E-state index contributed by atoms with van der Waals surface area (Å²) >= 11 is 0. The van der Waals surface area contributed by atoms with Gasteiger partial charge in [0.2, 0.25) is 0 Å². The predicted octanol–water partition coefficient (Wildman–Crippen LogP) is 2.98. The molecule has 1 aromatic carbocycles. The predicted molar refractivity (Wildman–Crippen MR) is 78.4 cm³/mol. The van der Waals surface area contributed by atoms with E-state index in [1.54, 1.807) is 0 Å². The number of nitrogens with two attached hydrogens (primary N) is 1. The quantitative estimate of drug-likeness (QED) is 0.743. The van der Waals surface area contributed by atoms with Crippen LogP contribution in [0.3, 0.4) is 0 Å². The average Bonchev–Trinajstić information content (AvgIpc) is 2.30. The van der Waals surface area contributed by atoms with E-state index in [2.05, 4.69) is 32.9 Å². The zero-order valence-corrected chi connectivity index (χ0v) is 12.2. The largest absolute Gasteiger partial charge is 0.481 e. The summed E-state index contributed by atoms with van der Waals surface area (Å²) in [4.78, 5) is 11.4. The van der Waals surface area contributed by atoms with Gasteiger partial charge in [-0.3, -0.25) is 4.79 Å². The van der Waals surface area contributed by atoms with Crippen molar-refractivity contribution in [2.45, 2.75) is 46.5 Å². The number of aliphatic carboxylic acids is 1. The SMILES string of the molecule is Cc1cc(C)c(CC(CCCCN)C(=O)O)c(C)c1. The van der Waals surface area contributed by atoms with Crippen LogP contribution in [0.25, 0.3) is 0 Å². The topological polar surface area (TPSA) is 63.3 Å². The summed E-state index contributed by atoms with van der Waals surface area (Å²) in [7, 11) is 0. The van der Waals surface area contributed by atoms with Crippen LogP contribution in [-0.2, 0) is 11.2 Å². The fourth-order valence-electron chi connectivity index (χ4n) is 2.63. The van der Waals surface area contributed by atoms with Gasteiger partial charge >= 0.3 is 5.97 Å². The fraction of sp³-hybridized carbons (Fsp3) is 0.562. The van der Waals surface area contributed by atoms with Crippen molar-refractivity contribution in [1.29, 1.82) is 0 Å². The van der Waals surface area contributed by atoms with E-state index in [4.69, 9.17) is 5.73 Å². The maximum absolute atomic E-state index is 11.4. The maximum atomic E-state index is 11.4. The van der Waals surface area contributed by atoms with E-state index in [-0.39, 0.29) is 5.92 Å². The Hall–Kier alpha value is -1.35. The molecule has 0 aliphatic carbocycles. The van der Waals surface area contributed by atoms with E-state index in [0.29, 0.717) is 19.4 Å². The molecule has 106 valence electrons. The molecule has 0 spiro atoms. The van der Waals surface area contributed by atoms with Crippen molar-refractivity contribution >= 4 is 5.97 Å². The van der Waals surface area contributed by atoms with Gasteiger partial charge in [-0.15, -0.1) is 0 Å². The molecule has 0 saturated heterocycles. The lowest BCUT2D eigenvalue weighted by Gasteiger charge is -2.16. The van der Waals surface area contributed by atoms with Crippen LogP contribution in [0.1, 0.15) is 41.5 Å². The van der Waals surface area contributed by atoms with Crippen LogP contribution in [0.5, 0.6) is 0 Å². The van der Waals surface area contributed by atoms with Crippen LogP contribution in [0, 0.1) is 26.7 Å². The molecule has 1 rings (SSSR count). The molecular weight excluding hydrogens is 238 g/mol. The van der Waals surface area contributed by atoms with Gasteiger partial charge in [-0.2, -0.15) is 0 Å². The fourth-order valence-corrected chi connectivity index (χ4v) is 2.63. The highest BCUT2D eigenvalue weighted by Crippen LogP contribution is 2.22. The third-order valence-corrected chi connectivity index (χ3v) is 3.65. The first-order valence-corrected chi connectivity index (χ1v) is 6.95. The highest BCUT2D eigenvalue weighted by atomic mass is 16.4. The second-order valence-corrected chi connectivity index (χ2v) is 5.40. The van der Waals surface area contributed by atoms with Gasteiger partial charge < -0.3 is 10.8 Å². The number of carbonyl (C=O) groups is 1. The first kappa shape index (κ1) is 15.7. The Bertz CT molecular complexity index is 417. The maximum Gasteiger partial charge on any atom is 0.306 e. The molecule has 0 bridgehead atoms. The van der Waals surface area contributed by atoms with Crippen molar-refractivity contribution in [1.82, 2.24) is 0 Å². The first-order chi connectivity index (χ1) is 8.95. The summed E-state index contributed by atoms with van der Waals surface area (Å²) in [6, 6.07) is 4.25. The van der Waals surface area contributed by atoms with E-state index < -0.39 is 5.97 Å². The molecule has 0 heterocycles. The Balaban J connectivity index is 2.82. The molecule has 0 amide bonds. The molecule has 1 atom stereocenters. The Morgan fingerprint density at radius 3 is 2.26 bits per heavy atom. The molecule has 19 heavy (non-hydrogen) atoms. The van der Waals surface area contributed by atoms with Crippen molar-refractivity contribution in [3.05, 3.63) is 34.4 Å². The van der Waals surface area contributed by atoms with Gasteiger partial charge in [0.1, 0.15) is 0 Å². The monoisotopic (exact) mass is 263 g/mol. The Kier molecular flexibility index (Phi) is 6.03. The molecule has 0 aromatic heterocycles. The van der Waals surface area contributed by atoms with E-state index in [0.717, 1.165) is 12.8 Å². The minimum atomic E-state index is -0.698. The minimum absolute atomic E-state index is 0.299. The van der Waals surface area contributed by atoms with Gasteiger partial charge in [-0.1, -0.05) is 24.1 Å². The first-order valence-electron chi connectivity index (χ1n) is 6.95. The van der Waals surface area contributed by atoms with Crippen LogP contribution >= 0.6 is 0 Å². The molecule has 0 aliphatic rings. The average molecular weight is 263 g/mol. The normalized spacial score (nSPS) is 12.4. The van der Waals surface area contributed by atoms with E-state index in [1.807, 2.05) is 0 Å². The summed E-state index contributed by atoms with van der Waals surface area (Å²) in [6.07, 6.45) is 3.12. The number of rotatable bonds is 7. The van der Waals surface area contributed by atoms with Crippen LogP contribution in [0.15, 0.2) is 12.1 Å². The molecule has 0 fully saturated rings. The van der Waals surface area contributed by atoms with Gasteiger partial charge in [0.15, 0.2) is 0 Å². The van der Waals surface area contributed by atoms with Crippen LogP contribution in [0.2, 0.25) is 0 Å². The number of aryl methyl sites for hydroxylation is 3. The molecule has 1 aromatic rings. The summed E-state index contributed by atoms with van der Waals surface area (Å²) < 4.78 is 0. The van der Waals surface area contributed by atoms with E-state index in [9.17, 15) is 9.90 Å². The lowest BCUT2D eigenvalue weighted by molar-refractivity contribution is -0.142. The van der Waals surface area contributed by atoms with Crippen molar-refractivity contribution in [2.24, 2.45) is 11.7 Å². The van der Waals surface area contributed by atoms with Crippen molar-refractivity contribution in [3.8, 4) is 0 Å². The second kappa shape index (κ2) is 7.29. The van der Waals surface area contributed by atoms with Gasteiger partial charge in [-0.25, -0.2) is 0 Å². The molecule has 1 unspecified atom stereocenters. The number of carboxylic acids is 1. The van der Waals surface area contributed by atoms with Crippen molar-refractivity contribution in [2.75, 3.05) is 6.54 Å². The number of carboxylic acid groups (broad SMARTS) is 1. The van der Waals surface area contributed by atoms with Gasteiger partial charge in [-0.05, 0) is 63.3 Å². The van der Waals surface area contributed by atoms with Crippen molar-refractivity contribution in [3.63, 3.8) is 0 Å². The summed E-state index contributed by atoms with van der Waals surface area (Å²) in [5, 5.41) is 9.34. The third kappa shape index (κ3) is 4.67. The summed E-state index contributed by atoms with van der Waals surface area (Å²) in [6.45, 7) is 6.83. The molecule has 0 radical (unpaired) electrons. The molecule has 3 nitrogen and oxygen atoms in total. The summed E-state index contributed by atoms with van der Waals surface area (Å²) in [5.74, 6) is -0.997. The van der Waals surface area contributed by atoms with Crippen molar-refractivity contribution < 1.29 is 9.90 Å². The standard InChI is InChI=1S/C16H25NO2/c1-11-8-12(2)15(13(3)9-11)10-14(16(18)19)6-4-5-7-17/h8-9,14H,4-7,10,17H2,1-3H3,(H,18,19). The minimum Gasteiger partial charge on any atom is -0.481 e. The summed E-state index contributed by atoms with van der Waals surface area (Å²) in [5.41, 5.74) is 10.3. The molecule has 0 saturated carbocycles. The number of benzene rings is 1. The molecular formula is C16H25NO2. The highest BCUT2D eigenvalue weighted by Gasteiger charge is 2.19. The zero-order valence-electron chi connectivity index (χ0n) is 12.2. The zero-order chi connectivity index (χ0) is 14.4. The lowest BCUT2D eigenvalue weighted by Crippen LogP contribution is -2.18. The number of hydrogen-bond acceptors (Lipinski definition) is 2. The van der Waals surface area contributed by atoms with E-state index >= 15 is 0 Å².